The minimum atomic E-state index is -0.784. The number of hydrogen-bond acceptors (Lipinski definition) is 5. The van der Waals surface area contributed by atoms with Crippen molar-refractivity contribution in [3.63, 3.8) is 0 Å². The molecule has 0 rings (SSSR count). The molecule has 0 unspecified atom stereocenters. The first kappa shape index (κ1) is 19.9. The van der Waals surface area contributed by atoms with E-state index in [2.05, 4.69) is 17.2 Å². The molecule has 0 aromatic carbocycles. The molecule has 7 nitrogen and oxygen atoms in total. The summed E-state index contributed by atoms with van der Waals surface area (Å²) in [6.07, 6.45) is 0.749. The van der Waals surface area contributed by atoms with E-state index in [0.29, 0.717) is 0 Å². The molecule has 0 saturated heterocycles. The fourth-order valence-electron chi connectivity index (χ4n) is 1.42. The summed E-state index contributed by atoms with van der Waals surface area (Å²) in [7, 11) is 0. The predicted octanol–water partition coefficient (Wildman–Crippen LogP) is 1.38. The fourth-order valence-corrected chi connectivity index (χ4v) is 1.42. The van der Waals surface area contributed by atoms with Crippen LogP contribution >= 0.6 is 0 Å². The summed E-state index contributed by atoms with van der Waals surface area (Å²) in [5.41, 5.74) is -0.643. The Morgan fingerprint density at radius 3 is 2.27 bits per heavy atom. The van der Waals surface area contributed by atoms with Crippen LogP contribution in [0, 0.1) is 5.92 Å². The van der Waals surface area contributed by atoms with E-state index in [1.165, 1.54) is 6.08 Å². The first-order valence-electron chi connectivity index (χ1n) is 7.10. The van der Waals surface area contributed by atoms with Crippen LogP contribution in [-0.4, -0.2) is 42.8 Å². The lowest BCUT2D eigenvalue weighted by molar-refractivity contribution is -0.147. The van der Waals surface area contributed by atoms with Gasteiger partial charge in [0.25, 0.3) is 0 Å². The molecule has 22 heavy (non-hydrogen) atoms. The van der Waals surface area contributed by atoms with Crippen LogP contribution in [0.25, 0.3) is 0 Å². The number of rotatable bonds is 7. The Kier molecular flexibility index (Phi) is 8.22. The number of alkyl carbamates (subject to hydrolysis) is 1. The Balaban J connectivity index is 4.38. The quantitative estimate of drug-likeness (QED) is 0.547. The van der Waals surface area contributed by atoms with Crippen molar-refractivity contribution in [3.8, 4) is 0 Å². The first-order valence-corrected chi connectivity index (χ1v) is 7.10. The molecule has 0 fully saturated rings. The second-order valence-corrected chi connectivity index (χ2v) is 6.06. The van der Waals surface area contributed by atoms with Gasteiger partial charge in [0.1, 0.15) is 24.8 Å². The Hall–Kier alpha value is -2.05. The maximum atomic E-state index is 11.8. The molecule has 2 N–H and O–H groups in total. The zero-order valence-corrected chi connectivity index (χ0v) is 13.9. The molecular formula is C15H26N2O5. The third-order valence-corrected chi connectivity index (χ3v) is 2.37. The third kappa shape index (κ3) is 8.99. The molecule has 0 radical (unpaired) electrons. The summed E-state index contributed by atoms with van der Waals surface area (Å²) in [5, 5.41) is 4.85. The number of nitrogens with one attached hydrogen (secondary N) is 2. The minimum Gasteiger partial charge on any atom is -0.460 e. The molecule has 0 aromatic rings. The van der Waals surface area contributed by atoms with Gasteiger partial charge in [-0.3, -0.25) is 4.79 Å². The molecule has 0 aliphatic rings. The topological polar surface area (TPSA) is 93.7 Å². The van der Waals surface area contributed by atoms with Gasteiger partial charge in [-0.15, -0.1) is 0 Å². The van der Waals surface area contributed by atoms with Crippen molar-refractivity contribution < 1.29 is 23.9 Å². The molecular weight excluding hydrogens is 288 g/mol. The van der Waals surface area contributed by atoms with Crippen LogP contribution < -0.4 is 10.6 Å². The Bertz CT molecular complexity index is 413. The van der Waals surface area contributed by atoms with E-state index >= 15 is 0 Å². The molecule has 1 atom stereocenters. The van der Waals surface area contributed by atoms with Gasteiger partial charge in [0.15, 0.2) is 0 Å². The number of carbonyl (C=O) groups excluding carboxylic acids is 3. The smallest absolute Gasteiger partial charge is 0.408 e. The molecule has 0 heterocycles. The Labute approximate surface area is 131 Å². The zero-order chi connectivity index (χ0) is 17.3. The highest BCUT2D eigenvalue weighted by atomic mass is 16.6. The summed E-state index contributed by atoms with van der Waals surface area (Å²) in [6.45, 7) is 12.0. The van der Waals surface area contributed by atoms with Crippen LogP contribution in [0.15, 0.2) is 12.7 Å². The van der Waals surface area contributed by atoms with Gasteiger partial charge in [0, 0.05) is 0 Å². The monoisotopic (exact) mass is 314 g/mol. The van der Waals surface area contributed by atoms with Crippen molar-refractivity contribution in [1.29, 1.82) is 0 Å². The van der Waals surface area contributed by atoms with E-state index in [1.807, 2.05) is 0 Å². The highest BCUT2D eigenvalue weighted by Gasteiger charge is 2.25. The fraction of sp³-hybridized carbons (Fsp3) is 0.667. The third-order valence-electron chi connectivity index (χ3n) is 2.37. The van der Waals surface area contributed by atoms with Gasteiger partial charge >= 0.3 is 12.1 Å². The second-order valence-electron chi connectivity index (χ2n) is 6.06. The van der Waals surface area contributed by atoms with Crippen LogP contribution in [0.2, 0.25) is 0 Å². The van der Waals surface area contributed by atoms with E-state index in [-0.39, 0.29) is 19.1 Å². The van der Waals surface area contributed by atoms with Gasteiger partial charge in [0.2, 0.25) is 5.91 Å². The molecule has 7 heteroatoms. The second kappa shape index (κ2) is 9.07. The van der Waals surface area contributed by atoms with Crippen molar-refractivity contribution in [2.75, 3.05) is 13.2 Å². The molecule has 126 valence electrons. The standard InChI is InChI=1S/C15H26N2O5/c1-7-8-21-13(19)12(10(2)3)17-11(18)9-16-14(20)22-15(4,5)6/h7,10,12H,1,8-9H2,2-6H3,(H,16,20)(H,17,18)/t12-/m0/s1. The van der Waals surface area contributed by atoms with Crippen molar-refractivity contribution >= 4 is 18.0 Å². The van der Waals surface area contributed by atoms with Crippen molar-refractivity contribution in [2.24, 2.45) is 5.92 Å². The van der Waals surface area contributed by atoms with Crippen molar-refractivity contribution in [3.05, 3.63) is 12.7 Å². The summed E-state index contributed by atoms with van der Waals surface area (Å²) < 4.78 is 9.93. The maximum absolute atomic E-state index is 11.8. The number of esters is 1. The van der Waals surface area contributed by atoms with Crippen molar-refractivity contribution in [2.45, 2.75) is 46.3 Å². The van der Waals surface area contributed by atoms with Crippen LogP contribution in [-0.2, 0) is 19.1 Å². The Morgan fingerprint density at radius 1 is 1.23 bits per heavy atom. The largest absolute Gasteiger partial charge is 0.460 e. The molecule has 0 aromatic heterocycles. The zero-order valence-electron chi connectivity index (χ0n) is 13.9. The SMILES string of the molecule is C=CCOC(=O)[C@@H](NC(=O)CNC(=O)OC(C)(C)C)C(C)C. The van der Waals surface area contributed by atoms with E-state index in [4.69, 9.17) is 9.47 Å². The van der Waals surface area contributed by atoms with Gasteiger partial charge < -0.3 is 20.1 Å². The lowest BCUT2D eigenvalue weighted by Gasteiger charge is -2.22. The van der Waals surface area contributed by atoms with Crippen molar-refractivity contribution in [1.82, 2.24) is 10.6 Å². The van der Waals surface area contributed by atoms with Gasteiger partial charge in [-0.1, -0.05) is 26.5 Å². The summed E-state index contributed by atoms with van der Waals surface area (Å²) in [5.74, 6) is -1.19. The highest BCUT2D eigenvalue weighted by molar-refractivity contribution is 5.87. The molecule has 0 saturated carbocycles. The average molecular weight is 314 g/mol. The van der Waals surface area contributed by atoms with Crippen LogP contribution in [0.3, 0.4) is 0 Å². The molecule has 0 spiro atoms. The predicted molar refractivity (Wildman–Crippen MR) is 82.2 cm³/mol. The lowest BCUT2D eigenvalue weighted by atomic mass is 10.0. The van der Waals surface area contributed by atoms with Crippen LogP contribution in [0.5, 0.6) is 0 Å². The first-order chi connectivity index (χ1) is 10.1. The molecule has 2 amide bonds. The Morgan fingerprint density at radius 2 is 1.82 bits per heavy atom. The van der Waals surface area contributed by atoms with E-state index in [9.17, 15) is 14.4 Å². The normalized spacial score (nSPS) is 12.3. The van der Waals surface area contributed by atoms with Gasteiger partial charge in [0.05, 0.1) is 0 Å². The summed E-state index contributed by atoms with van der Waals surface area (Å²) in [6, 6.07) is -0.784. The number of ether oxygens (including phenoxy) is 2. The van der Waals surface area contributed by atoms with Gasteiger partial charge in [-0.25, -0.2) is 9.59 Å². The number of hydrogen-bond donors (Lipinski definition) is 2. The summed E-state index contributed by atoms with van der Waals surface area (Å²) >= 11 is 0. The van der Waals surface area contributed by atoms with E-state index in [0.717, 1.165) is 0 Å². The summed E-state index contributed by atoms with van der Waals surface area (Å²) in [4.78, 5) is 35.0. The van der Waals surface area contributed by atoms with Gasteiger partial charge in [-0.05, 0) is 26.7 Å². The minimum absolute atomic E-state index is 0.0775. The number of amides is 2. The number of carbonyl (C=O) groups is 3. The van der Waals surface area contributed by atoms with Crippen LogP contribution in [0.1, 0.15) is 34.6 Å². The van der Waals surface area contributed by atoms with E-state index < -0.39 is 29.6 Å². The molecule has 0 aliphatic heterocycles. The average Bonchev–Trinajstić information content (AvgIpc) is 2.37. The molecule has 0 bridgehead atoms. The molecule has 0 aliphatic carbocycles. The highest BCUT2D eigenvalue weighted by Crippen LogP contribution is 2.06. The lowest BCUT2D eigenvalue weighted by Crippen LogP contribution is -2.49. The van der Waals surface area contributed by atoms with Gasteiger partial charge in [-0.2, -0.15) is 0 Å². The maximum Gasteiger partial charge on any atom is 0.408 e. The van der Waals surface area contributed by atoms with Crippen LogP contribution in [0.4, 0.5) is 4.79 Å². The van der Waals surface area contributed by atoms with E-state index in [1.54, 1.807) is 34.6 Å².